The molecule has 1 aromatic rings. The fourth-order valence-electron chi connectivity index (χ4n) is 1.17. The molecule has 0 bridgehead atoms. The van der Waals surface area contributed by atoms with Crippen molar-refractivity contribution in [3.8, 4) is 0 Å². The van der Waals surface area contributed by atoms with Crippen LogP contribution in [0.4, 0.5) is 11.5 Å². The highest BCUT2D eigenvalue weighted by atomic mass is 16.6. The second-order valence-electron chi connectivity index (χ2n) is 3.99. The standard InChI is InChI=1S/C9H16N4O3/c1-6(2)8(14)4-10-9-7(13(15)16)5-12(3)11-9/h5-6,8,14H,4H2,1-3H3,(H,10,11). The summed E-state index contributed by atoms with van der Waals surface area (Å²) >= 11 is 0. The Morgan fingerprint density at radius 2 is 2.31 bits per heavy atom. The van der Waals surface area contributed by atoms with E-state index in [9.17, 15) is 15.2 Å². The first kappa shape index (κ1) is 12.4. The summed E-state index contributed by atoms with van der Waals surface area (Å²) in [4.78, 5) is 10.2. The number of hydrogen-bond donors (Lipinski definition) is 2. The van der Waals surface area contributed by atoms with Crippen LogP contribution in [-0.4, -0.2) is 32.5 Å². The number of aliphatic hydroxyl groups excluding tert-OH is 1. The molecule has 0 aliphatic heterocycles. The van der Waals surface area contributed by atoms with Crippen LogP contribution in [0.1, 0.15) is 13.8 Å². The van der Waals surface area contributed by atoms with Crippen molar-refractivity contribution in [2.45, 2.75) is 20.0 Å². The van der Waals surface area contributed by atoms with Crippen molar-refractivity contribution >= 4 is 11.5 Å². The van der Waals surface area contributed by atoms with E-state index >= 15 is 0 Å². The Hall–Kier alpha value is -1.63. The SMILES string of the molecule is CC(C)C(O)CNc1nn(C)cc1[N+](=O)[O-]. The van der Waals surface area contributed by atoms with Crippen molar-refractivity contribution in [1.29, 1.82) is 0 Å². The van der Waals surface area contributed by atoms with Gasteiger partial charge in [-0.05, 0) is 5.92 Å². The van der Waals surface area contributed by atoms with Crippen LogP contribution in [-0.2, 0) is 7.05 Å². The molecule has 0 saturated carbocycles. The molecule has 0 radical (unpaired) electrons. The third-order valence-corrected chi connectivity index (χ3v) is 2.25. The Morgan fingerprint density at radius 3 is 2.81 bits per heavy atom. The van der Waals surface area contributed by atoms with E-state index in [-0.39, 0.29) is 24.0 Å². The number of nitrogens with zero attached hydrogens (tertiary/aromatic N) is 3. The molecule has 7 heteroatoms. The van der Waals surface area contributed by atoms with Crippen molar-refractivity contribution in [2.75, 3.05) is 11.9 Å². The van der Waals surface area contributed by atoms with E-state index in [1.807, 2.05) is 13.8 Å². The summed E-state index contributed by atoms with van der Waals surface area (Å²) in [7, 11) is 1.61. The second-order valence-corrected chi connectivity index (χ2v) is 3.99. The van der Waals surface area contributed by atoms with Gasteiger partial charge in [-0.2, -0.15) is 0 Å². The average molecular weight is 228 g/mol. The monoisotopic (exact) mass is 228 g/mol. The first-order valence-electron chi connectivity index (χ1n) is 5.01. The second kappa shape index (κ2) is 4.93. The minimum absolute atomic E-state index is 0.0848. The minimum Gasteiger partial charge on any atom is -0.391 e. The number of aliphatic hydroxyl groups is 1. The topological polar surface area (TPSA) is 93.2 Å². The summed E-state index contributed by atoms with van der Waals surface area (Å²) in [6.07, 6.45) is 0.769. The van der Waals surface area contributed by atoms with Crippen LogP contribution in [0.15, 0.2) is 6.20 Å². The quantitative estimate of drug-likeness (QED) is 0.573. The summed E-state index contributed by atoms with van der Waals surface area (Å²) in [5.74, 6) is 0.280. The molecule has 0 amide bonds. The zero-order valence-electron chi connectivity index (χ0n) is 9.54. The molecule has 90 valence electrons. The number of nitrogens with one attached hydrogen (secondary N) is 1. The zero-order chi connectivity index (χ0) is 12.3. The van der Waals surface area contributed by atoms with E-state index in [4.69, 9.17) is 0 Å². The van der Waals surface area contributed by atoms with E-state index in [1.165, 1.54) is 10.9 Å². The van der Waals surface area contributed by atoms with Gasteiger partial charge in [0.25, 0.3) is 0 Å². The molecule has 0 aliphatic carbocycles. The fraction of sp³-hybridized carbons (Fsp3) is 0.667. The van der Waals surface area contributed by atoms with Gasteiger partial charge in [-0.1, -0.05) is 13.8 Å². The number of nitro groups is 1. The average Bonchev–Trinajstić information content (AvgIpc) is 2.56. The lowest BCUT2D eigenvalue weighted by Gasteiger charge is -2.14. The van der Waals surface area contributed by atoms with Crippen LogP contribution in [0.3, 0.4) is 0 Å². The Morgan fingerprint density at radius 1 is 1.69 bits per heavy atom. The molecule has 0 aromatic carbocycles. The van der Waals surface area contributed by atoms with Crippen LogP contribution >= 0.6 is 0 Å². The van der Waals surface area contributed by atoms with Crippen LogP contribution in [0.2, 0.25) is 0 Å². The number of rotatable bonds is 5. The number of aryl methyl sites for hydroxylation is 1. The van der Waals surface area contributed by atoms with E-state index in [0.29, 0.717) is 0 Å². The van der Waals surface area contributed by atoms with E-state index in [1.54, 1.807) is 7.05 Å². The lowest BCUT2D eigenvalue weighted by molar-refractivity contribution is -0.384. The van der Waals surface area contributed by atoms with Crippen LogP contribution in [0.25, 0.3) is 0 Å². The van der Waals surface area contributed by atoms with Gasteiger partial charge in [0.1, 0.15) is 6.20 Å². The maximum absolute atomic E-state index is 10.7. The van der Waals surface area contributed by atoms with Crippen LogP contribution < -0.4 is 5.32 Å². The van der Waals surface area contributed by atoms with Crippen molar-refractivity contribution < 1.29 is 10.0 Å². The summed E-state index contributed by atoms with van der Waals surface area (Å²) in [6.45, 7) is 3.99. The number of anilines is 1. The molecule has 0 fully saturated rings. The van der Waals surface area contributed by atoms with Crippen molar-refractivity contribution in [3.05, 3.63) is 16.3 Å². The van der Waals surface area contributed by atoms with Crippen molar-refractivity contribution in [3.63, 3.8) is 0 Å². The molecule has 1 aromatic heterocycles. The largest absolute Gasteiger partial charge is 0.391 e. The lowest BCUT2D eigenvalue weighted by atomic mass is 10.1. The molecule has 16 heavy (non-hydrogen) atoms. The Bertz CT molecular complexity index is 375. The molecule has 2 N–H and O–H groups in total. The minimum atomic E-state index is -0.554. The highest BCUT2D eigenvalue weighted by Crippen LogP contribution is 2.21. The molecule has 0 aliphatic rings. The third-order valence-electron chi connectivity index (χ3n) is 2.25. The van der Waals surface area contributed by atoms with Gasteiger partial charge in [0.05, 0.1) is 11.0 Å². The van der Waals surface area contributed by atoms with Gasteiger partial charge in [-0.15, -0.1) is 5.10 Å². The summed E-state index contributed by atoms with van der Waals surface area (Å²) in [6, 6.07) is 0. The number of aromatic nitrogens is 2. The highest BCUT2D eigenvalue weighted by Gasteiger charge is 2.19. The van der Waals surface area contributed by atoms with Crippen molar-refractivity contribution in [2.24, 2.45) is 13.0 Å². The van der Waals surface area contributed by atoms with Gasteiger partial charge < -0.3 is 10.4 Å². The smallest absolute Gasteiger partial charge is 0.330 e. The van der Waals surface area contributed by atoms with Gasteiger partial charge in [-0.25, -0.2) is 0 Å². The molecule has 1 rings (SSSR count). The van der Waals surface area contributed by atoms with Crippen LogP contribution in [0.5, 0.6) is 0 Å². The lowest BCUT2D eigenvalue weighted by Crippen LogP contribution is -2.25. The van der Waals surface area contributed by atoms with E-state index < -0.39 is 11.0 Å². The van der Waals surface area contributed by atoms with E-state index in [0.717, 1.165) is 0 Å². The molecule has 0 spiro atoms. The maximum atomic E-state index is 10.7. The highest BCUT2D eigenvalue weighted by molar-refractivity contribution is 5.54. The molecule has 0 saturated heterocycles. The fourth-order valence-corrected chi connectivity index (χ4v) is 1.17. The molecule has 1 unspecified atom stereocenters. The molecule has 7 nitrogen and oxygen atoms in total. The molecule has 1 heterocycles. The summed E-state index contributed by atoms with van der Waals surface area (Å²) in [5.41, 5.74) is -0.0848. The Balaban J connectivity index is 2.70. The van der Waals surface area contributed by atoms with Crippen molar-refractivity contribution in [1.82, 2.24) is 9.78 Å². The maximum Gasteiger partial charge on any atom is 0.330 e. The normalized spacial score (nSPS) is 12.8. The number of hydrogen-bond acceptors (Lipinski definition) is 5. The third kappa shape index (κ3) is 2.93. The molecule has 1 atom stereocenters. The first-order chi connectivity index (χ1) is 7.41. The first-order valence-corrected chi connectivity index (χ1v) is 5.01. The summed E-state index contributed by atoms with van der Waals surface area (Å²) in [5, 5.41) is 26.9. The van der Waals surface area contributed by atoms with Gasteiger partial charge in [0.2, 0.25) is 5.82 Å². The van der Waals surface area contributed by atoms with E-state index in [2.05, 4.69) is 10.4 Å². The van der Waals surface area contributed by atoms with Gasteiger partial charge in [-0.3, -0.25) is 14.8 Å². The van der Waals surface area contributed by atoms with Gasteiger partial charge in [0, 0.05) is 13.6 Å². The Labute approximate surface area is 93.2 Å². The molecular formula is C9H16N4O3. The van der Waals surface area contributed by atoms with Gasteiger partial charge in [0.15, 0.2) is 0 Å². The predicted octanol–water partition coefficient (Wildman–Crippen LogP) is 0.757. The van der Waals surface area contributed by atoms with Gasteiger partial charge >= 0.3 is 5.69 Å². The van der Waals surface area contributed by atoms with Crippen LogP contribution in [0, 0.1) is 16.0 Å². The summed E-state index contributed by atoms with van der Waals surface area (Å²) < 4.78 is 1.36. The Kier molecular flexibility index (Phi) is 3.83. The predicted molar refractivity (Wildman–Crippen MR) is 59.2 cm³/mol. The molecular weight excluding hydrogens is 212 g/mol. The zero-order valence-corrected chi connectivity index (χ0v) is 9.54.